The lowest BCUT2D eigenvalue weighted by Gasteiger charge is -2.10. The molecule has 0 aromatic heterocycles. The van der Waals surface area contributed by atoms with E-state index in [1.165, 1.54) is 16.7 Å². The smallest absolute Gasteiger partial charge is 0.0694 e. The van der Waals surface area contributed by atoms with Crippen molar-refractivity contribution in [2.45, 2.75) is 6.54 Å². The van der Waals surface area contributed by atoms with Crippen LogP contribution in [0.1, 0.15) is 5.56 Å². The van der Waals surface area contributed by atoms with Gasteiger partial charge in [0.25, 0.3) is 0 Å². The molecule has 2 nitrogen and oxygen atoms in total. The Kier molecular flexibility index (Phi) is 4.75. The van der Waals surface area contributed by atoms with Crippen molar-refractivity contribution in [3.63, 3.8) is 0 Å². The van der Waals surface area contributed by atoms with Gasteiger partial charge in [-0.15, -0.1) is 0 Å². The number of benzene rings is 3. The number of nitrogens with two attached hydrogens (primary N) is 1. The van der Waals surface area contributed by atoms with Crippen molar-refractivity contribution >= 4 is 34.6 Å². The minimum atomic E-state index is 0.408. The highest BCUT2D eigenvalue weighted by Crippen LogP contribution is 2.31. The van der Waals surface area contributed by atoms with E-state index < -0.39 is 0 Å². The van der Waals surface area contributed by atoms with Crippen LogP contribution in [0.25, 0.3) is 11.1 Å². The fourth-order valence-electron chi connectivity index (χ4n) is 2.34. The third kappa shape index (κ3) is 3.79. The molecule has 0 amide bonds. The molecule has 23 heavy (non-hydrogen) atoms. The van der Waals surface area contributed by atoms with E-state index >= 15 is 0 Å². The van der Waals surface area contributed by atoms with Gasteiger partial charge in [-0.3, -0.25) is 0 Å². The molecule has 0 spiro atoms. The van der Waals surface area contributed by atoms with Gasteiger partial charge in [0, 0.05) is 12.2 Å². The van der Waals surface area contributed by atoms with Crippen LogP contribution in [0.3, 0.4) is 0 Å². The molecule has 0 aliphatic heterocycles. The van der Waals surface area contributed by atoms with Crippen LogP contribution in [-0.4, -0.2) is 0 Å². The van der Waals surface area contributed by atoms with Crippen LogP contribution in [0.4, 0.5) is 11.4 Å². The van der Waals surface area contributed by atoms with Gasteiger partial charge >= 0.3 is 0 Å². The van der Waals surface area contributed by atoms with Crippen molar-refractivity contribution in [1.29, 1.82) is 0 Å². The summed E-state index contributed by atoms with van der Waals surface area (Å²) in [7, 11) is 0. The monoisotopic (exact) mass is 342 g/mol. The van der Waals surface area contributed by atoms with Gasteiger partial charge in [0.2, 0.25) is 0 Å². The second-order valence-electron chi connectivity index (χ2n) is 5.27. The molecule has 3 aromatic rings. The summed E-state index contributed by atoms with van der Waals surface area (Å²) in [5, 5.41) is 4.22. The lowest BCUT2D eigenvalue weighted by Crippen LogP contribution is -2.00. The number of nitrogens with one attached hydrogen (secondary N) is 1. The number of halogens is 2. The fourth-order valence-corrected chi connectivity index (χ4v) is 2.82. The van der Waals surface area contributed by atoms with Crippen molar-refractivity contribution in [3.05, 3.63) is 82.3 Å². The van der Waals surface area contributed by atoms with E-state index in [4.69, 9.17) is 28.9 Å². The first-order valence-corrected chi connectivity index (χ1v) is 8.02. The zero-order chi connectivity index (χ0) is 16.2. The van der Waals surface area contributed by atoms with Gasteiger partial charge in [-0.1, -0.05) is 77.8 Å². The van der Waals surface area contributed by atoms with Gasteiger partial charge in [-0.25, -0.2) is 0 Å². The minimum Gasteiger partial charge on any atom is -0.396 e. The predicted molar refractivity (Wildman–Crippen MR) is 100 cm³/mol. The Morgan fingerprint density at radius 2 is 1.35 bits per heavy atom. The molecule has 3 rings (SSSR count). The van der Waals surface area contributed by atoms with E-state index in [-0.39, 0.29) is 0 Å². The Balaban J connectivity index is 1.70. The Morgan fingerprint density at radius 1 is 0.783 bits per heavy atom. The molecule has 0 atom stereocenters. The summed E-state index contributed by atoms with van der Waals surface area (Å²) in [6, 6.07) is 22.3. The topological polar surface area (TPSA) is 38.0 Å². The van der Waals surface area contributed by atoms with Gasteiger partial charge < -0.3 is 11.1 Å². The van der Waals surface area contributed by atoms with E-state index in [1.807, 2.05) is 18.2 Å². The molecule has 0 fully saturated rings. The summed E-state index contributed by atoms with van der Waals surface area (Å²) in [6.45, 7) is 0.686. The van der Waals surface area contributed by atoms with Crippen LogP contribution in [-0.2, 0) is 6.54 Å². The average molecular weight is 343 g/mol. The molecule has 4 heteroatoms. The molecule has 0 unspecified atom stereocenters. The normalized spacial score (nSPS) is 10.5. The molecule has 0 radical (unpaired) electrons. The first kappa shape index (κ1) is 15.7. The molecule has 0 aliphatic rings. The molecule has 116 valence electrons. The van der Waals surface area contributed by atoms with Crippen LogP contribution in [0, 0.1) is 0 Å². The summed E-state index contributed by atoms with van der Waals surface area (Å²) in [5.41, 5.74) is 10.6. The van der Waals surface area contributed by atoms with Gasteiger partial charge in [-0.05, 0) is 28.8 Å². The predicted octanol–water partition coefficient (Wildman–Crippen LogP) is 5.85. The number of rotatable bonds is 4. The van der Waals surface area contributed by atoms with E-state index in [2.05, 4.69) is 41.7 Å². The highest BCUT2D eigenvalue weighted by molar-refractivity contribution is 6.39. The molecular formula is C19H16Cl2N2. The minimum absolute atomic E-state index is 0.408. The highest BCUT2D eigenvalue weighted by Gasteiger charge is 2.05. The highest BCUT2D eigenvalue weighted by atomic mass is 35.5. The third-order valence-corrected chi connectivity index (χ3v) is 4.26. The lowest BCUT2D eigenvalue weighted by molar-refractivity contribution is 1.15. The lowest BCUT2D eigenvalue weighted by atomic mass is 10.0. The zero-order valence-corrected chi connectivity index (χ0v) is 13.9. The fraction of sp³-hybridized carbons (Fsp3) is 0.0526. The maximum absolute atomic E-state index is 6.04. The molecule has 0 saturated heterocycles. The van der Waals surface area contributed by atoms with Crippen LogP contribution in [0.5, 0.6) is 0 Å². The van der Waals surface area contributed by atoms with Crippen molar-refractivity contribution in [2.24, 2.45) is 0 Å². The van der Waals surface area contributed by atoms with E-state index in [0.29, 0.717) is 22.3 Å². The van der Waals surface area contributed by atoms with Crippen LogP contribution in [0.15, 0.2) is 66.7 Å². The second-order valence-corrected chi connectivity index (χ2v) is 6.08. The van der Waals surface area contributed by atoms with Crippen molar-refractivity contribution < 1.29 is 0 Å². The average Bonchev–Trinajstić information content (AvgIpc) is 2.59. The van der Waals surface area contributed by atoms with E-state index in [0.717, 1.165) is 5.69 Å². The molecule has 0 bridgehead atoms. The number of hydrogen-bond acceptors (Lipinski definition) is 2. The molecule has 3 N–H and O–H groups in total. The quantitative estimate of drug-likeness (QED) is 0.583. The Hall–Kier alpha value is -2.16. The van der Waals surface area contributed by atoms with Crippen LogP contribution < -0.4 is 11.1 Å². The first-order valence-electron chi connectivity index (χ1n) is 7.26. The summed E-state index contributed by atoms with van der Waals surface area (Å²) < 4.78 is 0. The molecule has 3 aromatic carbocycles. The van der Waals surface area contributed by atoms with E-state index in [9.17, 15) is 0 Å². The second kappa shape index (κ2) is 6.95. The van der Waals surface area contributed by atoms with Crippen molar-refractivity contribution in [3.8, 4) is 11.1 Å². The summed E-state index contributed by atoms with van der Waals surface area (Å²) >= 11 is 12.1. The maximum atomic E-state index is 6.04. The van der Waals surface area contributed by atoms with Gasteiger partial charge in [0.05, 0.1) is 15.7 Å². The zero-order valence-electron chi connectivity index (χ0n) is 12.4. The summed E-state index contributed by atoms with van der Waals surface area (Å²) in [6.07, 6.45) is 0. The Bertz CT molecular complexity index is 776. The maximum Gasteiger partial charge on any atom is 0.0694 e. The van der Waals surface area contributed by atoms with Crippen LogP contribution in [0.2, 0.25) is 10.0 Å². The molecule has 0 heterocycles. The van der Waals surface area contributed by atoms with Crippen LogP contribution >= 0.6 is 23.2 Å². The SMILES string of the molecule is Nc1c(Cl)cc(NCc2ccc(-c3ccccc3)cc2)cc1Cl. The van der Waals surface area contributed by atoms with Gasteiger partial charge in [-0.2, -0.15) is 0 Å². The number of anilines is 2. The first-order chi connectivity index (χ1) is 11.1. The summed E-state index contributed by atoms with van der Waals surface area (Å²) in [5.74, 6) is 0. The largest absolute Gasteiger partial charge is 0.396 e. The van der Waals surface area contributed by atoms with Crippen molar-refractivity contribution in [2.75, 3.05) is 11.1 Å². The summed E-state index contributed by atoms with van der Waals surface area (Å²) in [4.78, 5) is 0. The third-order valence-electron chi connectivity index (χ3n) is 3.64. The van der Waals surface area contributed by atoms with E-state index in [1.54, 1.807) is 12.1 Å². The Labute approximate surface area is 145 Å². The molecule has 0 saturated carbocycles. The Morgan fingerprint density at radius 3 is 1.96 bits per heavy atom. The van der Waals surface area contributed by atoms with Crippen molar-refractivity contribution in [1.82, 2.24) is 0 Å². The number of hydrogen-bond donors (Lipinski definition) is 2. The van der Waals surface area contributed by atoms with Gasteiger partial charge in [0.1, 0.15) is 0 Å². The van der Waals surface area contributed by atoms with Gasteiger partial charge in [0.15, 0.2) is 0 Å². The molecule has 0 aliphatic carbocycles. The molecular weight excluding hydrogens is 327 g/mol. The number of nitrogen functional groups attached to an aromatic ring is 1. The standard InChI is InChI=1S/C19H16Cl2N2/c20-17-10-16(11-18(21)19(17)22)23-12-13-6-8-15(9-7-13)14-4-2-1-3-5-14/h1-11,23H,12,22H2.